The summed E-state index contributed by atoms with van der Waals surface area (Å²) in [7, 11) is 0. The average molecular weight is 682 g/mol. The van der Waals surface area contributed by atoms with E-state index in [1.54, 1.807) is 0 Å². The highest BCUT2D eigenvalue weighted by Gasteiger charge is 2.58. The third-order valence-corrected chi connectivity index (χ3v) is 9.94. The number of alkyl carbamates (subject to hydrolysis) is 1. The normalized spacial score (nSPS) is 27.6. The molecule has 4 N–H and O–H groups in total. The van der Waals surface area contributed by atoms with Crippen molar-refractivity contribution in [2.24, 2.45) is 11.8 Å². The number of nitrogens with zero attached hydrogens (tertiary/aromatic N) is 1. The Morgan fingerprint density at radius 3 is 2.19 bits per heavy atom. The molecule has 0 bridgehead atoms. The van der Waals surface area contributed by atoms with Gasteiger partial charge >= 0.3 is 12.1 Å². The van der Waals surface area contributed by atoms with Crippen LogP contribution in [0.25, 0.3) is 0 Å². The molecule has 4 saturated heterocycles. The fraction of sp³-hybridized carbons (Fsp3) is 0.710. The van der Waals surface area contributed by atoms with E-state index in [1.807, 2.05) is 11.8 Å². The number of ether oxygens (including phenoxy) is 5. The summed E-state index contributed by atoms with van der Waals surface area (Å²) < 4.78 is 27.0. The molecule has 0 radical (unpaired) electrons. The molecule has 4 heterocycles. The zero-order valence-corrected chi connectivity index (χ0v) is 27.5. The molecule has 0 aromatic heterocycles. The lowest BCUT2D eigenvalue weighted by Crippen LogP contribution is -2.37. The first-order chi connectivity index (χ1) is 22.8. The van der Waals surface area contributed by atoms with Crippen LogP contribution in [0.2, 0.25) is 0 Å². The van der Waals surface area contributed by atoms with E-state index >= 15 is 0 Å². The minimum atomic E-state index is -0.612. The molecule has 16 heteroatoms. The Morgan fingerprint density at radius 2 is 1.51 bits per heavy atom. The number of rotatable bonds is 22. The summed E-state index contributed by atoms with van der Waals surface area (Å²) in [6.07, 6.45) is 4.61. The van der Waals surface area contributed by atoms with Gasteiger partial charge in [0.05, 0.1) is 82.3 Å². The van der Waals surface area contributed by atoms with E-state index in [1.165, 1.54) is 17.1 Å². The second-order valence-electron chi connectivity index (χ2n) is 11.5. The summed E-state index contributed by atoms with van der Waals surface area (Å²) in [4.78, 5) is 62.0. The summed E-state index contributed by atoms with van der Waals surface area (Å²) in [5.74, 6) is -0.854. The molecule has 0 saturated carbocycles. The van der Waals surface area contributed by atoms with Gasteiger partial charge < -0.3 is 45.0 Å². The van der Waals surface area contributed by atoms with Crippen molar-refractivity contribution in [3.8, 4) is 0 Å². The molecule has 262 valence electrons. The number of hydrogen-bond acceptors (Lipinski definition) is 11. The van der Waals surface area contributed by atoms with Crippen molar-refractivity contribution in [1.82, 2.24) is 26.2 Å². The molecule has 4 aliphatic rings. The highest BCUT2D eigenvalue weighted by atomic mass is 32.2. The quantitative estimate of drug-likeness (QED) is 0.0535. The summed E-state index contributed by atoms with van der Waals surface area (Å²) >= 11 is 1.88. The third-order valence-electron chi connectivity index (χ3n) is 8.43. The monoisotopic (exact) mass is 681 g/mol. The molecule has 6 amide bonds. The first kappa shape index (κ1) is 36.7. The summed E-state index contributed by atoms with van der Waals surface area (Å²) in [6.45, 7) is 9.76. The van der Waals surface area contributed by atoms with Crippen LogP contribution in [-0.4, -0.2) is 136 Å². The second kappa shape index (κ2) is 19.0. The minimum absolute atomic E-state index is 0.000539. The number of amides is 6. The number of urea groups is 1. The van der Waals surface area contributed by atoms with Crippen molar-refractivity contribution in [1.29, 1.82) is 0 Å². The van der Waals surface area contributed by atoms with Gasteiger partial charge in [-0.05, 0) is 12.8 Å². The standard InChI is InChI=1S/C31H47N5O10S/c1-3-21-25-26(22(4-2)46-21)29(39)36(28(25)38)11-14-44-17-18-45-31(41)33-10-13-43-16-15-42-12-9-32-24(37)8-6-5-7-23-27-20(19-47-23)34-30(40)35-27/h3-4,20-23,25-27H,1-2,5-19H2,(H,32,37)(H,33,41)(H2,34,35,40). The fourth-order valence-electron chi connectivity index (χ4n) is 6.12. The number of carbonyl (C=O) groups excluding carboxylic acids is 5. The van der Waals surface area contributed by atoms with Crippen molar-refractivity contribution in [3.05, 3.63) is 25.3 Å². The lowest BCUT2D eigenvalue weighted by molar-refractivity contribution is -0.143. The van der Waals surface area contributed by atoms with Crippen LogP contribution in [0.1, 0.15) is 25.7 Å². The molecule has 7 unspecified atom stereocenters. The molecular weight excluding hydrogens is 634 g/mol. The molecule has 4 aliphatic heterocycles. The molecule has 0 spiro atoms. The summed E-state index contributed by atoms with van der Waals surface area (Å²) in [5, 5.41) is 11.7. The number of fused-ring (bicyclic) bond motifs is 2. The van der Waals surface area contributed by atoms with Crippen LogP contribution in [-0.2, 0) is 38.1 Å². The molecule has 0 aromatic carbocycles. The van der Waals surface area contributed by atoms with Gasteiger partial charge in [-0.15, -0.1) is 13.2 Å². The first-order valence-corrected chi connectivity index (χ1v) is 17.2. The van der Waals surface area contributed by atoms with Gasteiger partial charge in [-0.1, -0.05) is 18.6 Å². The molecule has 7 atom stereocenters. The molecule has 47 heavy (non-hydrogen) atoms. The van der Waals surface area contributed by atoms with Crippen LogP contribution in [0.4, 0.5) is 9.59 Å². The SMILES string of the molecule is C=CC1OC(C=C)C2C(=O)N(CCOCCOC(=O)NCCOCCOCCNC(=O)CCCCC3SCC4NC(=O)NC43)C(=O)C12. The van der Waals surface area contributed by atoms with E-state index in [0.717, 1.165) is 25.0 Å². The third kappa shape index (κ3) is 10.4. The number of carbonyl (C=O) groups is 5. The Labute approximate surface area is 279 Å². The van der Waals surface area contributed by atoms with E-state index in [9.17, 15) is 24.0 Å². The van der Waals surface area contributed by atoms with Gasteiger partial charge in [-0.2, -0.15) is 11.8 Å². The van der Waals surface area contributed by atoms with Crippen LogP contribution < -0.4 is 21.3 Å². The zero-order valence-electron chi connectivity index (χ0n) is 26.7. The Kier molecular flexibility index (Phi) is 14.8. The van der Waals surface area contributed by atoms with E-state index in [-0.39, 0.29) is 75.4 Å². The van der Waals surface area contributed by atoms with Crippen LogP contribution in [0.5, 0.6) is 0 Å². The Bertz CT molecular complexity index is 1100. The number of likely N-dealkylation sites (tertiary alicyclic amines) is 1. The minimum Gasteiger partial charge on any atom is -0.447 e. The Morgan fingerprint density at radius 1 is 0.872 bits per heavy atom. The number of hydrogen-bond donors (Lipinski definition) is 4. The fourth-order valence-corrected chi connectivity index (χ4v) is 7.66. The highest BCUT2D eigenvalue weighted by molar-refractivity contribution is 8.00. The maximum absolute atomic E-state index is 12.7. The predicted molar refractivity (Wildman–Crippen MR) is 172 cm³/mol. The van der Waals surface area contributed by atoms with Gasteiger partial charge in [0.25, 0.3) is 0 Å². The maximum Gasteiger partial charge on any atom is 0.407 e. The van der Waals surface area contributed by atoms with E-state index in [4.69, 9.17) is 23.7 Å². The predicted octanol–water partition coefficient (Wildman–Crippen LogP) is 0.345. The lowest BCUT2D eigenvalue weighted by Gasteiger charge is -2.19. The van der Waals surface area contributed by atoms with Crippen LogP contribution >= 0.6 is 11.8 Å². The van der Waals surface area contributed by atoms with E-state index in [0.29, 0.717) is 38.0 Å². The lowest BCUT2D eigenvalue weighted by atomic mass is 9.89. The molecule has 0 aliphatic carbocycles. The second-order valence-corrected chi connectivity index (χ2v) is 12.8. The largest absolute Gasteiger partial charge is 0.447 e. The van der Waals surface area contributed by atoms with Crippen LogP contribution in [0.15, 0.2) is 25.3 Å². The van der Waals surface area contributed by atoms with E-state index < -0.39 is 30.1 Å². The average Bonchev–Trinajstić information content (AvgIpc) is 3.79. The van der Waals surface area contributed by atoms with E-state index in [2.05, 4.69) is 34.4 Å². The van der Waals surface area contributed by atoms with Crippen molar-refractivity contribution in [3.63, 3.8) is 0 Å². The molecule has 4 fully saturated rings. The van der Waals surface area contributed by atoms with Gasteiger partial charge in [-0.3, -0.25) is 19.3 Å². The zero-order chi connectivity index (χ0) is 33.6. The van der Waals surface area contributed by atoms with Gasteiger partial charge in [0.1, 0.15) is 6.61 Å². The maximum atomic E-state index is 12.7. The Balaban J connectivity index is 0.891. The number of unbranched alkanes of at least 4 members (excludes halogenated alkanes) is 1. The number of thioether (sulfide) groups is 1. The van der Waals surface area contributed by atoms with Crippen LogP contribution in [0, 0.1) is 11.8 Å². The van der Waals surface area contributed by atoms with Crippen molar-refractivity contribution in [2.45, 2.75) is 55.2 Å². The molecule has 0 aromatic rings. The highest BCUT2D eigenvalue weighted by Crippen LogP contribution is 2.41. The Hall–Kier alpha value is -3.18. The van der Waals surface area contributed by atoms with Gasteiger partial charge in [0, 0.05) is 30.5 Å². The number of nitrogens with one attached hydrogen (secondary N) is 4. The van der Waals surface area contributed by atoms with Crippen molar-refractivity contribution in [2.75, 3.05) is 71.6 Å². The van der Waals surface area contributed by atoms with Crippen molar-refractivity contribution < 1.29 is 47.7 Å². The first-order valence-electron chi connectivity index (χ1n) is 16.2. The van der Waals surface area contributed by atoms with Crippen molar-refractivity contribution >= 4 is 41.6 Å². The number of imide groups is 1. The van der Waals surface area contributed by atoms with Gasteiger partial charge in [0.15, 0.2) is 0 Å². The topological polar surface area (TPSA) is 183 Å². The molecular formula is C31H47N5O10S. The molecule has 4 rings (SSSR count). The summed E-state index contributed by atoms with van der Waals surface area (Å²) in [6, 6.07) is 0.344. The molecule has 15 nitrogen and oxygen atoms in total. The van der Waals surface area contributed by atoms with Crippen LogP contribution in [0.3, 0.4) is 0 Å². The summed E-state index contributed by atoms with van der Waals surface area (Å²) in [5.41, 5.74) is 0. The van der Waals surface area contributed by atoms with Gasteiger partial charge in [0.2, 0.25) is 17.7 Å². The smallest absolute Gasteiger partial charge is 0.407 e. The van der Waals surface area contributed by atoms with Gasteiger partial charge in [-0.25, -0.2) is 9.59 Å².